The molecule has 0 aliphatic heterocycles. The van der Waals surface area contributed by atoms with Crippen LogP contribution in [0.4, 0.5) is 0 Å². The lowest BCUT2D eigenvalue weighted by atomic mass is 10.5. The fourth-order valence-electron chi connectivity index (χ4n) is 2.66. The highest BCUT2D eigenvalue weighted by Gasteiger charge is 2.41. The summed E-state index contributed by atoms with van der Waals surface area (Å²) < 4.78 is 0. The number of hydrogen-bond acceptors (Lipinski definition) is 0. The third-order valence-corrected chi connectivity index (χ3v) is 9.89. The Bertz CT molecular complexity index is 221. The van der Waals surface area contributed by atoms with Gasteiger partial charge in [-0.25, -0.2) is 0 Å². The first-order valence-corrected chi connectivity index (χ1v) is 9.06. The van der Waals surface area contributed by atoms with Gasteiger partial charge in [-0.1, -0.05) is 63.4 Å². The van der Waals surface area contributed by atoms with Gasteiger partial charge in [0.05, 0.1) is 4.83 Å². The maximum absolute atomic E-state index is 3.67. The third-order valence-electron chi connectivity index (χ3n) is 3.35. The smallest absolute Gasteiger partial charge is 0.129 e. The van der Waals surface area contributed by atoms with Gasteiger partial charge in [-0.3, -0.25) is 0 Å². The molecule has 0 radical (unpaired) electrons. The van der Waals surface area contributed by atoms with E-state index in [1.807, 2.05) is 0 Å². The van der Waals surface area contributed by atoms with Crippen molar-refractivity contribution in [2.24, 2.45) is 0 Å². The zero-order valence-electron chi connectivity index (χ0n) is 11.2. The van der Waals surface area contributed by atoms with E-state index >= 15 is 0 Å². The molecular weight excluding hydrogens is 264 g/mol. The molecule has 0 aromatic carbocycles. The van der Waals surface area contributed by atoms with Crippen molar-refractivity contribution >= 4 is 24.0 Å². The quantitative estimate of drug-likeness (QED) is 0.390. The van der Waals surface area contributed by atoms with Crippen molar-refractivity contribution < 1.29 is 0 Å². The van der Waals surface area contributed by atoms with E-state index in [1.54, 1.807) is 0 Å². The zero-order chi connectivity index (χ0) is 12.2. The van der Waals surface area contributed by atoms with Crippen molar-refractivity contribution in [3.63, 3.8) is 0 Å². The molecule has 88 valence electrons. The van der Waals surface area contributed by atoms with Gasteiger partial charge in [0.25, 0.3) is 0 Å². The molecule has 0 amide bonds. The molecule has 0 fully saturated rings. The van der Waals surface area contributed by atoms with E-state index < -0.39 is 8.07 Å². The van der Waals surface area contributed by atoms with E-state index in [0.717, 1.165) is 16.6 Å². The summed E-state index contributed by atoms with van der Waals surface area (Å²) in [6.45, 7) is 16.2. The summed E-state index contributed by atoms with van der Waals surface area (Å²) in [6, 6.07) is 0. The minimum absolute atomic E-state index is 0.320. The van der Waals surface area contributed by atoms with E-state index in [1.165, 1.54) is 0 Å². The molecule has 2 heteroatoms. The molecule has 0 rings (SSSR count). The molecule has 0 nitrogen and oxygen atoms in total. The van der Waals surface area contributed by atoms with Crippen LogP contribution in [0, 0.1) is 11.5 Å². The predicted octanol–water partition coefficient (Wildman–Crippen LogP) is 4.99. The van der Waals surface area contributed by atoms with Crippen LogP contribution < -0.4 is 0 Å². The van der Waals surface area contributed by atoms with Crippen LogP contribution >= 0.6 is 15.9 Å². The molecule has 0 aromatic heterocycles. The van der Waals surface area contributed by atoms with Gasteiger partial charge in [0.1, 0.15) is 8.07 Å². The molecule has 0 bridgehead atoms. The summed E-state index contributed by atoms with van der Waals surface area (Å²) in [6.07, 6.45) is 0. The topological polar surface area (TPSA) is 0 Å². The lowest BCUT2D eigenvalue weighted by Crippen LogP contribution is -2.43. The van der Waals surface area contributed by atoms with E-state index in [0.29, 0.717) is 4.83 Å². The highest BCUT2D eigenvalue weighted by molar-refractivity contribution is 9.09. The first-order chi connectivity index (χ1) is 6.75. The maximum atomic E-state index is 3.67. The van der Waals surface area contributed by atoms with Crippen molar-refractivity contribution in [1.82, 2.24) is 0 Å². The Kier molecular flexibility index (Phi) is 6.21. The summed E-state index contributed by atoms with van der Waals surface area (Å²) in [4.78, 5) is 0.320. The second kappa shape index (κ2) is 6.11. The normalized spacial score (nSPS) is 14.3. The first-order valence-electron chi connectivity index (χ1n) is 5.91. The second-order valence-electron chi connectivity index (χ2n) is 5.28. The van der Waals surface area contributed by atoms with Crippen LogP contribution in [0.5, 0.6) is 0 Å². The SMILES string of the molecule is CC(Br)C#C[Si](C(C)C)(C(C)C)C(C)C. The monoisotopic (exact) mass is 288 g/mol. The maximum Gasteiger partial charge on any atom is 0.146 e. The van der Waals surface area contributed by atoms with Crippen molar-refractivity contribution in [3.05, 3.63) is 0 Å². The Morgan fingerprint density at radius 3 is 1.33 bits per heavy atom. The Morgan fingerprint density at radius 1 is 0.800 bits per heavy atom. The molecule has 1 atom stereocenters. The standard InChI is InChI=1S/C13H25BrSi/c1-10(2)15(11(3)4,12(5)6)9-8-13(7)14/h10-13H,1-7H3. The summed E-state index contributed by atoms with van der Waals surface area (Å²) in [5, 5.41) is 0. The average Bonchev–Trinajstić information content (AvgIpc) is 2.02. The van der Waals surface area contributed by atoms with Gasteiger partial charge >= 0.3 is 0 Å². The summed E-state index contributed by atoms with van der Waals surface area (Å²) in [5.74, 6) is 3.36. The third kappa shape index (κ3) is 3.64. The lowest BCUT2D eigenvalue weighted by Gasteiger charge is -2.38. The molecule has 15 heavy (non-hydrogen) atoms. The van der Waals surface area contributed by atoms with Gasteiger partial charge in [0.15, 0.2) is 0 Å². The molecule has 0 saturated heterocycles. The Labute approximate surface area is 105 Å². The van der Waals surface area contributed by atoms with E-state index in [9.17, 15) is 0 Å². The molecule has 1 unspecified atom stereocenters. The number of rotatable bonds is 3. The molecule has 0 saturated carbocycles. The van der Waals surface area contributed by atoms with Crippen LogP contribution in [0.1, 0.15) is 48.5 Å². The van der Waals surface area contributed by atoms with Crippen molar-refractivity contribution in [3.8, 4) is 11.5 Å². The average molecular weight is 289 g/mol. The molecule has 0 N–H and O–H groups in total. The van der Waals surface area contributed by atoms with Crippen LogP contribution in [0.3, 0.4) is 0 Å². The largest absolute Gasteiger partial charge is 0.146 e. The van der Waals surface area contributed by atoms with E-state index in [-0.39, 0.29) is 0 Å². The lowest BCUT2D eigenvalue weighted by molar-refractivity contribution is 0.838. The van der Waals surface area contributed by atoms with Gasteiger partial charge in [0.2, 0.25) is 0 Å². The van der Waals surface area contributed by atoms with Crippen LogP contribution in [-0.4, -0.2) is 12.9 Å². The van der Waals surface area contributed by atoms with Crippen molar-refractivity contribution in [2.75, 3.05) is 0 Å². The number of halogens is 1. The van der Waals surface area contributed by atoms with Crippen LogP contribution in [-0.2, 0) is 0 Å². The Balaban J connectivity index is 5.27. The number of alkyl halides is 1. The molecule has 0 aliphatic rings. The molecular formula is C13H25BrSi. The van der Waals surface area contributed by atoms with Crippen LogP contribution in [0.25, 0.3) is 0 Å². The van der Waals surface area contributed by atoms with Gasteiger partial charge in [0, 0.05) is 0 Å². The predicted molar refractivity (Wildman–Crippen MR) is 77.2 cm³/mol. The van der Waals surface area contributed by atoms with Gasteiger partial charge in [-0.15, -0.1) is 5.54 Å². The molecule has 0 aliphatic carbocycles. The molecule has 0 spiro atoms. The minimum Gasteiger partial charge on any atom is -0.129 e. The summed E-state index contributed by atoms with van der Waals surface area (Å²) in [7, 11) is -1.48. The Morgan fingerprint density at radius 2 is 1.13 bits per heavy atom. The van der Waals surface area contributed by atoms with Gasteiger partial charge in [-0.05, 0) is 23.5 Å². The van der Waals surface area contributed by atoms with Crippen molar-refractivity contribution in [2.45, 2.75) is 69.9 Å². The fourth-order valence-corrected chi connectivity index (χ4v) is 8.32. The van der Waals surface area contributed by atoms with E-state index in [4.69, 9.17) is 0 Å². The van der Waals surface area contributed by atoms with E-state index in [2.05, 4.69) is 75.9 Å². The first kappa shape index (κ1) is 15.3. The zero-order valence-corrected chi connectivity index (χ0v) is 13.8. The number of hydrogen-bond donors (Lipinski definition) is 0. The second-order valence-corrected chi connectivity index (χ2v) is 12.2. The minimum atomic E-state index is -1.48. The highest BCUT2D eigenvalue weighted by atomic mass is 79.9. The highest BCUT2D eigenvalue weighted by Crippen LogP contribution is 2.40. The molecule has 0 aromatic rings. The van der Waals surface area contributed by atoms with Crippen molar-refractivity contribution in [1.29, 1.82) is 0 Å². The summed E-state index contributed by atoms with van der Waals surface area (Å²) >= 11 is 3.52. The van der Waals surface area contributed by atoms with Crippen LogP contribution in [0.15, 0.2) is 0 Å². The summed E-state index contributed by atoms with van der Waals surface area (Å²) in [5.41, 5.74) is 5.87. The van der Waals surface area contributed by atoms with Gasteiger partial charge in [-0.2, -0.15) is 0 Å². The van der Waals surface area contributed by atoms with Gasteiger partial charge < -0.3 is 0 Å². The Hall–Kier alpha value is 0.257. The fraction of sp³-hybridized carbons (Fsp3) is 0.846. The molecule has 0 heterocycles. The van der Waals surface area contributed by atoms with Crippen LogP contribution in [0.2, 0.25) is 16.6 Å².